The maximum absolute atomic E-state index is 5.05. The molecule has 0 saturated heterocycles. The number of para-hydroxylation sites is 1. The van der Waals surface area contributed by atoms with Gasteiger partial charge in [-0.05, 0) is 99.8 Å². The molecule has 0 saturated carbocycles. The number of hydrogen-bond acceptors (Lipinski definition) is 1. The van der Waals surface area contributed by atoms with Crippen LogP contribution in [-0.2, 0) is 0 Å². The van der Waals surface area contributed by atoms with Gasteiger partial charge in [0, 0.05) is 21.5 Å². The van der Waals surface area contributed by atoms with Crippen LogP contribution >= 0.6 is 0 Å². The van der Waals surface area contributed by atoms with Crippen LogP contribution in [0.15, 0.2) is 177 Å². The van der Waals surface area contributed by atoms with Crippen molar-refractivity contribution in [2.45, 2.75) is 13.8 Å². The molecule has 2 heteroatoms. The average Bonchev–Trinajstić information content (AvgIpc) is 3.49. The van der Waals surface area contributed by atoms with Gasteiger partial charge in [-0.15, -0.1) is 0 Å². The van der Waals surface area contributed by atoms with E-state index in [0.717, 1.165) is 11.1 Å². The van der Waals surface area contributed by atoms with Crippen molar-refractivity contribution < 1.29 is 0 Å². The smallest absolute Gasteiger partial charge is 0.0619 e. The standard InChI is InChI=1S/C41H29N.C5H9N/c1-3-27(4-2)29-16-17-31-25-32(19-18-30(31)24-29)33-20-22-36-34(26-33)21-23-38-37-13-7-8-14-40(37)42(41(36)38)39-15-9-11-28-10-5-6-12-35(28)39;1-3-5(2)4-6/h3-26H,1H2,2H3;3-4H,1,6H2,2H3/b27-4+;5-4-. The Hall–Kier alpha value is -6.12. The van der Waals surface area contributed by atoms with E-state index in [4.69, 9.17) is 5.73 Å². The molecule has 8 aromatic rings. The van der Waals surface area contributed by atoms with Gasteiger partial charge in [0.15, 0.2) is 0 Å². The zero-order chi connectivity index (χ0) is 33.2. The number of hydrogen-bond donors (Lipinski definition) is 1. The van der Waals surface area contributed by atoms with E-state index in [1.807, 2.05) is 13.0 Å². The van der Waals surface area contributed by atoms with E-state index in [1.54, 1.807) is 6.08 Å². The molecule has 0 aliphatic heterocycles. The average molecular weight is 619 g/mol. The van der Waals surface area contributed by atoms with Gasteiger partial charge in [-0.25, -0.2) is 0 Å². The van der Waals surface area contributed by atoms with E-state index in [-0.39, 0.29) is 0 Å². The summed E-state index contributed by atoms with van der Waals surface area (Å²) < 4.78 is 2.46. The Kier molecular flexibility index (Phi) is 8.23. The van der Waals surface area contributed by atoms with Crippen LogP contribution in [0, 0.1) is 0 Å². The van der Waals surface area contributed by atoms with Crippen LogP contribution < -0.4 is 5.73 Å². The molecular formula is C46H38N2. The summed E-state index contributed by atoms with van der Waals surface area (Å²) in [7, 11) is 0. The maximum Gasteiger partial charge on any atom is 0.0619 e. The van der Waals surface area contributed by atoms with Crippen LogP contribution in [0.5, 0.6) is 0 Å². The van der Waals surface area contributed by atoms with Crippen molar-refractivity contribution in [1.82, 2.24) is 4.57 Å². The number of rotatable bonds is 5. The summed E-state index contributed by atoms with van der Waals surface area (Å²) in [6.07, 6.45) is 7.25. The SMILES string of the molecule is C=C/C(=C\C)c1ccc2cc(-c3ccc4c(ccc5c6ccccc6n(-c6cccc7ccccc67)c45)c3)ccc2c1.C=C/C(C)=C\N. The fourth-order valence-corrected chi connectivity index (χ4v) is 6.70. The van der Waals surface area contributed by atoms with Gasteiger partial charge in [0.05, 0.1) is 16.7 Å². The molecule has 7 aromatic carbocycles. The topological polar surface area (TPSA) is 30.9 Å². The highest BCUT2D eigenvalue weighted by molar-refractivity contribution is 6.19. The molecule has 0 unspecified atom stereocenters. The summed E-state index contributed by atoms with van der Waals surface area (Å²) in [5.74, 6) is 0. The van der Waals surface area contributed by atoms with Crippen molar-refractivity contribution in [3.63, 3.8) is 0 Å². The van der Waals surface area contributed by atoms with Crippen LogP contribution in [0.25, 0.3) is 76.5 Å². The second-order valence-electron chi connectivity index (χ2n) is 12.1. The third kappa shape index (κ3) is 5.38. The van der Waals surface area contributed by atoms with E-state index >= 15 is 0 Å². The predicted octanol–water partition coefficient (Wildman–Crippen LogP) is 12.5. The lowest BCUT2D eigenvalue weighted by atomic mass is 9.96. The van der Waals surface area contributed by atoms with Gasteiger partial charge < -0.3 is 10.3 Å². The van der Waals surface area contributed by atoms with E-state index in [0.29, 0.717) is 0 Å². The van der Waals surface area contributed by atoms with Crippen molar-refractivity contribution in [3.8, 4) is 16.8 Å². The zero-order valence-corrected chi connectivity index (χ0v) is 27.4. The fourth-order valence-electron chi connectivity index (χ4n) is 6.70. The minimum atomic E-state index is 1.01. The van der Waals surface area contributed by atoms with Gasteiger partial charge in [-0.2, -0.15) is 0 Å². The summed E-state index contributed by atoms with van der Waals surface area (Å²) in [4.78, 5) is 0. The fraction of sp³-hybridized carbons (Fsp3) is 0.0435. The first-order valence-electron chi connectivity index (χ1n) is 16.3. The van der Waals surface area contributed by atoms with E-state index < -0.39 is 0 Å². The number of allylic oxidation sites excluding steroid dienone is 5. The van der Waals surface area contributed by atoms with Crippen LogP contribution in [0.2, 0.25) is 0 Å². The predicted molar refractivity (Wildman–Crippen MR) is 211 cm³/mol. The number of fused-ring (bicyclic) bond motifs is 7. The number of nitrogens with two attached hydrogens (primary N) is 1. The first-order valence-corrected chi connectivity index (χ1v) is 16.3. The normalized spacial score (nSPS) is 12.0. The molecule has 1 heterocycles. The Labute approximate surface area is 282 Å². The molecule has 0 bridgehead atoms. The molecule has 0 atom stereocenters. The van der Waals surface area contributed by atoms with Gasteiger partial charge in [0.25, 0.3) is 0 Å². The van der Waals surface area contributed by atoms with Crippen molar-refractivity contribution in [1.29, 1.82) is 0 Å². The van der Waals surface area contributed by atoms with Gasteiger partial charge in [-0.3, -0.25) is 0 Å². The van der Waals surface area contributed by atoms with E-state index in [1.165, 1.54) is 82.7 Å². The van der Waals surface area contributed by atoms with E-state index in [2.05, 4.69) is 164 Å². The highest BCUT2D eigenvalue weighted by atomic mass is 15.0. The minimum absolute atomic E-state index is 1.01. The largest absolute Gasteiger partial charge is 0.404 e. The Bertz CT molecular complexity index is 2570. The number of benzene rings is 7. The molecule has 48 heavy (non-hydrogen) atoms. The molecule has 8 rings (SSSR count). The quantitative estimate of drug-likeness (QED) is 0.191. The second kappa shape index (κ2) is 12.9. The van der Waals surface area contributed by atoms with Crippen molar-refractivity contribution in [2.24, 2.45) is 5.73 Å². The summed E-state index contributed by atoms with van der Waals surface area (Å²) in [6.45, 7) is 11.4. The Morgan fingerprint density at radius 3 is 1.98 bits per heavy atom. The molecule has 232 valence electrons. The van der Waals surface area contributed by atoms with Gasteiger partial charge in [-0.1, -0.05) is 135 Å². The number of aromatic nitrogens is 1. The molecule has 0 fully saturated rings. The lowest BCUT2D eigenvalue weighted by Gasteiger charge is -2.13. The second-order valence-corrected chi connectivity index (χ2v) is 12.1. The Morgan fingerprint density at radius 1 is 0.583 bits per heavy atom. The monoisotopic (exact) mass is 618 g/mol. The third-order valence-corrected chi connectivity index (χ3v) is 9.28. The van der Waals surface area contributed by atoms with Crippen LogP contribution in [0.3, 0.4) is 0 Å². The molecule has 1 aromatic heterocycles. The van der Waals surface area contributed by atoms with Crippen LogP contribution in [0.1, 0.15) is 19.4 Å². The molecule has 0 aliphatic carbocycles. The highest BCUT2D eigenvalue weighted by Gasteiger charge is 2.16. The Morgan fingerprint density at radius 2 is 1.23 bits per heavy atom. The lowest BCUT2D eigenvalue weighted by molar-refractivity contribution is 1.20. The third-order valence-electron chi connectivity index (χ3n) is 9.28. The lowest BCUT2D eigenvalue weighted by Crippen LogP contribution is -1.96. The van der Waals surface area contributed by atoms with Gasteiger partial charge in [0.1, 0.15) is 0 Å². The summed E-state index contributed by atoms with van der Waals surface area (Å²) in [5, 5.41) is 10.0. The first-order chi connectivity index (χ1) is 23.5. The van der Waals surface area contributed by atoms with Crippen LogP contribution in [0.4, 0.5) is 0 Å². The van der Waals surface area contributed by atoms with E-state index in [9.17, 15) is 0 Å². The van der Waals surface area contributed by atoms with Crippen molar-refractivity contribution in [3.05, 3.63) is 182 Å². The van der Waals surface area contributed by atoms with Crippen molar-refractivity contribution >= 4 is 59.7 Å². The summed E-state index contributed by atoms with van der Waals surface area (Å²) >= 11 is 0. The summed E-state index contributed by atoms with van der Waals surface area (Å²) in [6, 6.07) is 49.0. The van der Waals surface area contributed by atoms with Crippen LogP contribution in [-0.4, -0.2) is 4.57 Å². The Balaban J connectivity index is 0.000000559. The molecule has 0 aliphatic rings. The number of nitrogens with zero attached hydrogens (tertiary/aromatic N) is 1. The molecule has 0 radical (unpaired) electrons. The van der Waals surface area contributed by atoms with Gasteiger partial charge in [0.2, 0.25) is 0 Å². The van der Waals surface area contributed by atoms with Crippen molar-refractivity contribution in [2.75, 3.05) is 0 Å². The highest BCUT2D eigenvalue weighted by Crippen LogP contribution is 2.39. The molecule has 0 spiro atoms. The molecule has 2 nitrogen and oxygen atoms in total. The minimum Gasteiger partial charge on any atom is -0.404 e. The molecular weight excluding hydrogens is 581 g/mol. The molecule has 2 N–H and O–H groups in total. The summed E-state index contributed by atoms with van der Waals surface area (Å²) in [5.41, 5.74) is 14.6. The molecule has 0 amide bonds. The zero-order valence-electron chi connectivity index (χ0n) is 27.4. The van der Waals surface area contributed by atoms with Gasteiger partial charge >= 0.3 is 0 Å². The maximum atomic E-state index is 5.05. The first kappa shape index (κ1) is 30.5.